The molecule has 2 amide bonds. The summed E-state index contributed by atoms with van der Waals surface area (Å²) in [5, 5.41) is 14.0. The van der Waals surface area contributed by atoms with E-state index in [0.717, 1.165) is 22.3 Å². The molecule has 0 bridgehead atoms. The molecule has 0 saturated heterocycles. The van der Waals surface area contributed by atoms with E-state index >= 15 is 0 Å². The van der Waals surface area contributed by atoms with Crippen LogP contribution in [0.3, 0.4) is 0 Å². The first-order chi connectivity index (χ1) is 16.0. The molecule has 1 aliphatic carbocycles. The predicted molar refractivity (Wildman–Crippen MR) is 122 cm³/mol. The lowest BCUT2D eigenvalue weighted by Crippen LogP contribution is -2.49. The van der Waals surface area contributed by atoms with Crippen molar-refractivity contribution < 1.29 is 29.0 Å². The highest BCUT2D eigenvalue weighted by Gasteiger charge is 2.30. The molecular formula is C25H26N2O6. The highest BCUT2D eigenvalue weighted by atomic mass is 16.5. The van der Waals surface area contributed by atoms with Gasteiger partial charge < -0.3 is 25.2 Å². The van der Waals surface area contributed by atoms with Crippen molar-refractivity contribution in [3.05, 3.63) is 59.7 Å². The summed E-state index contributed by atoms with van der Waals surface area (Å²) >= 11 is 0. The minimum atomic E-state index is -1.20. The Labute approximate surface area is 192 Å². The monoisotopic (exact) mass is 450 g/mol. The molecule has 0 spiro atoms. The van der Waals surface area contributed by atoms with Crippen molar-refractivity contribution in [2.24, 2.45) is 0 Å². The summed E-state index contributed by atoms with van der Waals surface area (Å²) in [5.74, 6) is 3.55. The van der Waals surface area contributed by atoms with E-state index in [0.29, 0.717) is 0 Å². The first kappa shape index (κ1) is 23.8. The SMILES string of the molecule is CC#CCC(NC(=O)OCC1c2ccccc2-c2ccccc21)C(=O)NCC(OC)C(=O)O. The zero-order chi connectivity index (χ0) is 23.8. The van der Waals surface area contributed by atoms with E-state index in [1.54, 1.807) is 6.92 Å². The largest absolute Gasteiger partial charge is 0.479 e. The van der Waals surface area contributed by atoms with Crippen LogP contribution in [0, 0.1) is 11.8 Å². The van der Waals surface area contributed by atoms with Crippen LogP contribution in [-0.2, 0) is 19.1 Å². The molecule has 0 heterocycles. The maximum Gasteiger partial charge on any atom is 0.407 e. The average molecular weight is 450 g/mol. The van der Waals surface area contributed by atoms with Crippen LogP contribution in [0.1, 0.15) is 30.4 Å². The minimum Gasteiger partial charge on any atom is -0.479 e. The van der Waals surface area contributed by atoms with Gasteiger partial charge in [0.15, 0.2) is 6.10 Å². The molecule has 3 N–H and O–H groups in total. The number of hydrogen-bond donors (Lipinski definition) is 3. The number of hydrogen-bond acceptors (Lipinski definition) is 5. The van der Waals surface area contributed by atoms with Gasteiger partial charge in [-0.3, -0.25) is 4.79 Å². The molecule has 0 aromatic heterocycles. The summed E-state index contributed by atoms with van der Waals surface area (Å²) in [5.41, 5.74) is 4.39. The molecule has 0 radical (unpaired) electrons. The standard InChI is InChI=1S/C25H26N2O6/c1-3-4-13-21(23(28)26-14-22(32-2)24(29)30)27-25(31)33-15-20-18-11-7-5-9-16(18)17-10-6-8-12-19(17)20/h5-12,20-22H,13-15H2,1-2H3,(H,26,28)(H,27,31)(H,29,30). The molecular weight excluding hydrogens is 424 g/mol. The third kappa shape index (κ3) is 5.70. The molecule has 2 aromatic rings. The van der Waals surface area contributed by atoms with E-state index in [2.05, 4.69) is 22.5 Å². The molecule has 8 heteroatoms. The maximum absolute atomic E-state index is 12.5. The van der Waals surface area contributed by atoms with Crippen LogP contribution in [0.2, 0.25) is 0 Å². The lowest BCUT2D eigenvalue weighted by Gasteiger charge is -2.19. The Hall–Kier alpha value is -3.83. The second-order valence-electron chi connectivity index (χ2n) is 7.46. The summed E-state index contributed by atoms with van der Waals surface area (Å²) in [4.78, 5) is 36.1. The van der Waals surface area contributed by atoms with Crippen LogP contribution in [0.25, 0.3) is 11.1 Å². The number of benzene rings is 2. The molecule has 2 aromatic carbocycles. The van der Waals surface area contributed by atoms with E-state index in [1.807, 2.05) is 48.5 Å². The fourth-order valence-electron chi connectivity index (χ4n) is 3.78. The number of carbonyl (C=O) groups excluding carboxylic acids is 2. The number of aliphatic carboxylic acids is 1. The zero-order valence-corrected chi connectivity index (χ0v) is 18.5. The molecule has 8 nitrogen and oxygen atoms in total. The number of fused-ring (bicyclic) bond motifs is 3. The topological polar surface area (TPSA) is 114 Å². The Balaban J connectivity index is 1.63. The van der Waals surface area contributed by atoms with Crippen LogP contribution in [0.5, 0.6) is 0 Å². The Morgan fingerprint density at radius 1 is 1.06 bits per heavy atom. The second-order valence-corrected chi connectivity index (χ2v) is 7.46. The highest BCUT2D eigenvalue weighted by molar-refractivity contribution is 5.86. The number of nitrogens with one attached hydrogen (secondary N) is 2. The van der Waals surface area contributed by atoms with Crippen LogP contribution < -0.4 is 10.6 Å². The first-order valence-corrected chi connectivity index (χ1v) is 10.5. The van der Waals surface area contributed by atoms with Crippen molar-refractivity contribution in [1.82, 2.24) is 10.6 Å². The minimum absolute atomic E-state index is 0.0528. The fraction of sp³-hybridized carbons (Fsp3) is 0.320. The summed E-state index contributed by atoms with van der Waals surface area (Å²) in [6.45, 7) is 1.49. The van der Waals surface area contributed by atoms with Crippen molar-refractivity contribution >= 4 is 18.0 Å². The molecule has 2 unspecified atom stereocenters. The van der Waals surface area contributed by atoms with Gasteiger partial charge in [-0.05, 0) is 29.2 Å². The summed E-state index contributed by atoms with van der Waals surface area (Å²) < 4.78 is 10.3. The Morgan fingerprint density at radius 3 is 2.21 bits per heavy atom. The van der Waals surface area contributed by atoms with Gasteiger partial charge in [0.05, 0.1) is 6.54 Å². The quantitative estimate of drug-likeness (QED) is 0.506. The summed E-state index contributed by atoms with van der Waals surface area (Å²) in [6.07, 6.45) is -1.89. The van der Waals surface area contributed by atoms with Crippen LogP contribution in [0.4, 0.5) is 4.79 Å². The zero-order valence-electron chi connectivity index (χ0n) is 18.5. The first-order valence-electron chi connectivity index (χ1n) is 10.5. The lowest BCUT2D eigenvalue weighted by atomic mass is 9.98. The van der Waals surface area contributed by atoms with Gasteiger partial charge in [0.2, 0.25) is 5.91 Å². The molecule has 172 valence electrons. The van der Waals surface area contributed by atoms with Crippen molar-refractivity contribution in [3.63, 3.8) is 0 Å². The number of carboxylic acid groups (broad SMARTS) is 1. The van der Waals surface area contributed by atoms with E-state index in [9.17, 15) is 14.4 Å². The molecule has 0 aliphatic heterocycles. The van der Waals surface area contributed by atoms with Crippen LogP contribution >= 0.6 is 0 Å². The van der Waals surface area contributed by atoms with Crippen LogP contribution in [0.15, 0.2) is 48.5 Å². The normalized spacial score (nSPS) is 13.5. The van der Waals surface area contributed by atoms with E-state index in [1.165, 1.54) is 7.11 Å². The smallest absolute Gasteiger partial charge is 0.407 e. The Bertz CT molecular complexity index is 1040. The van der Waals surface area contributed by atoms with E-state index in [-0.39, 0.29) is 25.5 Å². The third-order valence-electron chi connectivity index (χ3n) is 5.46. The van der Waals surface area contributed by atoms with Gasteiger partial charge in [-0.2, -0.15) is 0 Å². The molecule has 2 atom stereocenters. The van der Waals surface area contributed by atoms with Gasteiger partial charge in [0.1, 0.15) is 12.6 Å². The van der Waals surface area contributed by atoms with Gasteiger partial charge in [-0.25, -0.2) is 9.59 Å². The van der Waals surface area contributed by atoms with Gasteiger partial charge in [0, 0.05) is 19.4 Å². The van der Waals surface area contributed by atoms with Crippen molar-refractivity contribution in [2.75, 3.05) is 20.3 Å². The van der Waals surface area contributed by atoms with Gasteiger partial charge in [-0.15, -0.1) is 11.8 Å². The third-order valence-corrected chi connectivity index (χ3v) is 5.46. The highest BCUT2D eigenvalue weighted by Crippen LogP contribution is 2.44. The molecule has 0 fully saturated rings. The number of ether oxygens (including phenoxy) is 2. The Morgan fingerprint density at radius 2 is 1.67 bits per heavy atom. The average Bonchev–Trinajstić information content (AvgIpc) is 3.14. The number of amides is 2. The Kier molecular flexibility index (Phi) is 8.06. The summed E-state index contributed by atoms with van der Waals surface area (Å²) in [7, 11) is 1.24. The molecule has 1 aliphatic rings. The number of carbonyl (C=O) groups is 3. The number of rotatable bonds is 9. The van der Waals surface area contributed by atoms with Gasteiger partial charge in [0.25, 0.3) is 0 Å². The molecule has 33 heavy (non-hydrogen) atoms. The predicted octanol–water partition coefficient (Wildman–Crippen LogP) is 2.52. The second kappa shape index (κ2) is 11.2. The van der Waals surface area contributed by atoms with Crippen molar-refractivity contribution in [2.45, 2.75) is 31.4 Å². The van der Waals surface area contributed by atoms with Crippen molar-refractivity contribution in [3.8, 4) is 23.0 Å². The van der Waals surface area contributed by atoms with E-state index in [4.69, 9.17) is 14.6 Å². The van der Waals surface area contributed by atoms with Crippen LogP contribution in [-0.4, -0.2) is 55.5 Å². The molecule has 3 rings (SSSR count). The lowest BCUT2D eigenvalue weighted by molar-refractivity contribution is -0.148. The van der Waals surface area contributed by atoms with Gasteiger partial charge >= 0.3 is 12.1 Å². The van der Waals surface area contributed by atoms with Crippen molar-refractivity contribution in [1.29, 1.82) is 0 Å². The van der Waals surface area contributed by atoms with Gasteiger partial charge in [-0.1, -0.05) is 48.5 Å². The maximum atomic E-state index is 12.5. The fourth-order valence-corrected chi connectivity index (χ4v) is 3.78. The van der Waals surface area contributed by atoms with E-state index < -0.39 is 30.1 Å². The number of methoxy groups -OCH3 is 1. The summed E-state index contributed by atoms with van der Waals surface area (Å²) in [6, 6.07) is 15.0. The number of carboxylic acids is 1. The molecule has 0 saturated carbocycles. The number of alkyl carbamates (subject to hydrolysis) is 1.